The van der Waals surface area contributed by atoms with E-state index in [4.69, 9.17) is 0 Å². The van der Waals surface area contributed by atoms with Crippen molar-refractivity contribution in [3.05, 3.63) is 0 Å². The Hall–Kier alpha value is 0.440. The zero-order valence-corrected chi connectivity index (χ0v) is 14.8. The molecule has 0 amide bonds. The summed E-state index contributed by atoms with van der Waals surface area (Å²) in [5.74, 6) is 0. The third-order valence-corrected chi connectivity index (χ3v) is 6.90. The topological polar surface area (TPSA) is 3.24 Å². The molecule has 0 aromatic rings. The van der Waals surface area contributed by atoms with Crippen LogP contribution in [0.15, 0.2) is 0 Å². The molecular formula is C17H32BrN. The second-order valence-electron chi connectivity index (χ2n) is 8.00. The van der Waals surface area contributed by atoms with Crippen molar-refractivity contribution in [1.82, 2.24) is 4.90 Å². The van der Waals surface area contributed by atoms with Gasteiger partial charge in [-0.3, -0.25) is 0 Å². The van der Waals surface area contributed by atoms with Crippen molar-refractivity contribution in [2.75, 3.05) is 18.9 Å². The lowest BCUT2D eigenvalue weighted by Gasteiger charge is -2.44. The minimum Gasteiger partial charge on any atom is -0.303 e. The zero-order valence-electron chi connectivity index (χ0n) is 13.2. The second-order valence-corrected chi connectivity index (χ2v) is 8.57. The Bertz CT molecular complexity index is 271. The summed E-state index contributed by atoms with van der Waals surface area (Å²) in [5.41, 5.74) is 1.16. The molecule has 0 spiro atoms. The first-order valence-electron chi connectivity index (χ1n) is 8.23. The Kier molecular flexibility index (Phi) is 5.39. The van der Waals surface area contributed by atoms with Gasteiger partial charge in [-0.1, -0.05) is 49.0 Å². The van der Waals surface area contributed by atoms with Gasteiger partial charge in [0.1, 0.15) is 0 Å². The standard InChI is InChI=1S/C17H32BrN/c1-16(2)11-7-15(8-12-16)19(3)14-17(13-18)9-5-4-6-10-17/h15H,4-14H2,1-3H3. The fourth-order valence-electron chi connectivity index (χ4n) is 4.12. The highest BCUT2D eigenvalue weighted by Crippen LogP contribution is 2.41. The monoisotopic (exact) mass is 329 g/mol. The van der Waals surface area contributed by atoms with Crippen molar-refractivity contribution in [3.8, 4) is 0 Å². The van der Waals surface area contributed by atoms with Crippen molar-refractivity contribution in [3.63, 3.8) is 0 Å². The van der Waals surface area contributed by atoms with Gasteiger partial charge < -0.3 is 4.90 Å². The molecule has 0 bridgehead atoms. The van der Waals surface area contributed by atoms with E-state index in [2.05, 4.69) is 41.7 Å². The van der Waals surface area contributed by atoms with Crippen LogP contribution >= 0.6 is 15.9 Å². The van der Waals surface area contributed by atoms with E-state index in [0.29, 0.717) is 10.8 Å². The third kappa shape index (κ3) is 4.20. The predicted octanol–water partition coefficient (Wildman–Crippen LogP) is 5.23. The van der Waals surface area contributed by atoms with Crippen molar-refractivity contribution >= 4 is 15.9 Å². The molecule has 0 atom stereocenters. The van der Waals surface area contributed by atoms with Crippen LogP contribution in [0.2, 0.25) is 0 Å². The molecule has 2 aliphatic rings. The average Bonchev–Trinajstić information content (AvgIpc) is 2.39. The van der Waals surface area contributed by atoms with Gasteiger partial charge in [-0.05, 0) is 56.4 Å². The van der Waals surface area contributed by atoms with E-state index in [-0.39, 0.29) is 0 Å². The van der Waals surface area contributed by atoms with Crippen molar-refractivity contribution < 1.29 is 0 Å². The molecule has 1 nitrogen and oxygen atoms in total. The second kappa shape index (κ2) is 6.47. The van der Waals surface area contributed by atoms with Gasteiger partial charge in [-0.25, -0.2) is 0 Å². The normalized spacial score (nSPS) is 27.6. The van der Waals surface area contributed by atoms with Gasteiger partial charge >= 0.3 is 0 Å². The Balaban J connectivity index is 1.87. The first-order chi connectivity index (χ1) is 8.96. The molecule has 0 saturated heterocycles. The largest absolute Gasteiger partial charge is 0.303 e. The molecule has 2 fully saturated rings. The Morgan fingerprint density at radius 3 is 2.11 bits per heavy atom. The molecule has 0 N–H and O–H groups in total. The lowest BCUT2D eigenvalue weighted by molar-refractivity contribution is 0.0749. The molecule has 0 heterocycles. The van der Waals surface area contributed by atoms with Crippen LogP contribution in [0, 0.1) is 10.8 Å². The average molecular weight is 330 g/mol. The van der Waals surface area contributed by atoms with Crippen molar-refractivity contribution in [2.45, 2.75) is 77.7 Å². The molecule has 2 saturated carbocycles. The highest BCUT2D eigenvalue weighted by Gasteiger charge is 2.35. The molecule has 0 radical (unpaired) electrons. The lowest BCUT2D eigenvalue weighted by Crippen LogP contribution is -2.45. The van der Waals surface area contributed by atoms with E-state index in [1.54, 1.807) is 0 Å². The van der Waals surface area contributed by atoms with Crippen LogP contribution in [0.3, 0.4) is 0 Å². The van der Waals surface area contributed by atoms with Gasteiger partial charge in [-0.2, -0.15) is 0 Å². The quantitative estimate of drug-likeness (QED) is 0.638. The van der Waals surface area contributed by atoms with Crippen LogP contribution < -0.4 is 0 Å². The van der Waals surface area contributed by atoms with Crippen LogP contribution in [0.4, 0.5) is 0 Å². The summed E-state index contributed by atoms with van der Waals surface area (Å²) >= 11 is 3.81. The summed E-state index contributed by atoms with van der Waals surface area (Å²) in [5, 5.41) is 1.20. The van der Waals surface area contributed by atoms with Gasteiger partial charge in [-0.15, -0.1) is 0 Å². The van der Waals surface area contributed by atoms with E-state index in [9.17, 15) is 0 Å². The first-order valence-corrected chi connectivity index (χ1v) is 9.35. The van der Waals surface area contributed by atoms with Crippen LogP contribution in [0.5, 0.6) is 0 Å². The SMILES string of the molecule is CN(CC1(CBr)CCCCC1)C1CCC(C)(C)CC1. The summed E-state index contributed by atoms with van der Waals surface area (Å²) in [6.07, 6.45) is 12.8. The van der Waals surface area contributed by atoms with E-state index < -0.39 is 0 Å². The molecule has 2 rings (SSSR count). The summed E-state index contributed by atoms with van der Waals surface area (Å²) in [7, 11) is 2.38. The van der Waals surface area contributed by atoms with Crippen molar-refractivity contribution in [1.29, 1.82) is 0 Å². The number of hydrogen-bond donors (Lipinski definition) is 0. The van der Waals surface area contributed by atoms with E-state index in [0.717, 1.165) is 6.04 Å². The van der Waals surface area contributed by atoms with Crippen LogP contribution in [-0.4, -0.2) is 29.9 Å². The number of alkyl halides is 1. The Morgan fingerprint density at radius 2 is 1.58 bits per heavy atom. The molecular weight excluding hydrogens is 298 g/mol. The summed E-state index contributed by atoms with van der Waals surface area (Å²) in [4.78, 5) is 2.70. The highest BCUT2D eigenvalue weighted by atomic mass is 79.9. The molecule has 0 aromatic carbocycles. The lowest BCUT2D eigenvalue weighted by atomic mass is 9.73. The predicted molar refractivity (Wildman–Crippen MR) is 88.0 cm³/mol. The van der Waals surface area contributed by atoms with Gasteiger partial charge in [0, 0.05) is 17.9 Å². The molecule has 2 heteroatoms. The number of hydrogen-bond acceptors (Lipinski definition) is 1. The Labute approximate surface area is 128 Å². The van der Waals surface area contributed by atoms with Gasteiger partial charge in [0.2, 0.25) is 0 Å². The van der Waals surface area contributed by atoms with E-state index in [1.807, 2.05) is 0 Å². The number of rotatable bonds is 4. The summed E-state index contributed by atoms with van der Waals surface area (Å²) < 4.78 is 0. The summed E-state index contributed by atoms with van der Waals surface area (Å²) in [6.45, 7) is 6.18. The van der Waals surface area contributed by atoms with Crippen LogP contribution in [0.25, 0.3) is 0 Å². The maximum Gasteiger partial charge on any atom is 0.0100 e. The minimum absolute atomic E-state index is 0.569. The number of halogens is 1. The third-order valence-electron chi connectivity index (χ3n) is 5.71. The summed E-state index contributed by atoms with van der Waals surface area (Å²) in [6, 6.07) is 0.839. The molecule has 19 heavy (non-hydrogen) atoms. The molecule has 112 valence electrons. The van der Waals surface area contributed by atoms with E-state index in [1.165, 1.54) is 69.7 Å². The van der Waals surface area contributed by atoms with Crippen LogP contribution in [-0.2, 0) is 0 Å². The maximum atomic E-state index is 3.81. The Morgan fingerprint density at radius 1 is 1.00 bits per heavy atom. The van der Waals surface area contributed by atoms with Gasteiger partial charge in [0.25, 0.3) is 0 Å². The first kappa shape index (κ1) is 15.8. The smallest absolute Gasteiger partial charge is 0.0100 e. The molecule has 2 aliphatic carbocycles. The number of nitrogens with zero attached hydrogens (tertiary/aromatic N) is 1. The maximum absolute atomic E-state index is 3.81. The fourth-order valence-corrected chi connectivity index (χ4v) is 4.86. The van der Waals surface area contributed by atoms with Gasteiger partial charge in [0.15, 0.2) is 0 Å². The molecule has 0 aromatic heterocycles. The van der Waals surface area contributed by atoms with Crippen molar-refractivity contribution in [2.24, 2.45) is 10.8 Å². The minimum atomic E-state index is 0.569. The van der Waals surface area contributed by atoms with Crippen LogP contribution in [0.1, 0.15) is 71.6 Å². The van der Waals surface area contributed by atoms with Gasteiger partial charge in [0.05, 0.1) is 0 Å². The molecule has 0 aliphatic heterocycles. The van der Waals surface area contributed by atoms with E-state index >= 15 is 0 Å². The molecule has 0 unspecified atom stereocenters. The zero-order chi connectivity index (χ0) is 13.9. The highest BCUT2D eigenvalue weighted by molar-refractivity contribution is 9.09. The fraction of sp³-hybridized carbons (Fsp3) is 1.00.